The van der Waals surface area contributed by atoms with Gasteiger partial charge in [-0.1, -0.05) is 12.1 Å². The Labute approximate surface area is 107 Å². The largest absolute Gasteiger partial charge is 0.319 e. The normalized spacial score (nSPS) is 23.2. The van der Waals surface area contributed by atoms with E-state index in [9.17, 15) is 4.79 Å². The number of hydrogen-bond acceptors (Lipinski definition) is 3. The van der Waals surface area contributed by atoms with Crippen molar-refractivity contribution in [2.24, 2.45) is 5.92 Å². The summed E-state index contributed by atoms with van der Waals surface area (Å²) in [7, 11) is 1.89. The lowest BCUT2D eigenvalue weighted by Crippen LogP contribution is -2.35. The van der Waals surface area contributed by atoms with Crippen LogP contribution in [-0.2, 0) is 4.79 Å². The summed E-state index contributed by atoms with van der Waals surface area (Å²) >= 11 is 0. The molecule has 1 fully saturated rings. The summed E-state index contributed by atoms with van der Waals surface area (Å²) in [5, 5.41) is 12.2. The summed E-state index contributed by atoms with van der Waals surface area (Å²) < 4.78 is 0. The molecule has 0 radical (unpaired) electrons. The van der Waals surface area contributed by atoms with Gasteiger partial charge >= 0.3 is 0 Å². The average molecular weight is 243 g/mol. The molecule has 0 saturated carbocycles. The number of carbonyl (C=O) groups is 1. The fourth-order valence-corrected chi connectivity index (χ4v) is 2.57. The van der Waals surface area contributed by atoms with Crippen molar-refractivity contribution in [3.63, 3.8) is 0 Å². The molecular weight excluding hydrogens is 226 g/mol. The fraction of sp³-hybridized carbons (Fsp3) is 0.429. The maximum absolute atomic E-state index is 12.1. The van der Waals surface area contributed by atoms with Crippen LogP contribution in [0.3, 0.4) is 0 Å². The van der Waals surface area contributed by atoms with Gasteiger partial charge in [-0.15, -0.1) is 0 Å². The highest BCUT2D eigenvalue weighted by atomic mass is 16.2. The summed E-state index contributed by atoms with van der Waals surface area (Å²) in [6.45, 7) is 2.86. The van der Waals surface area contributed by atoms with Crippen LogP contribution in [0.1, 0.15) is 18.9 Å². The number of para-hydroxylation sites is 1. The van der Waals surface area contributed by atoms with Gasteiger partial charge in [0.2, 0.25) is 5.91 Å². The summed E-state index contributed by atoms with van der Waals surface area (Å²) in [6, 6.07) is 9.55. The van der Waals surface area contributed by atoms with E-state index in [2.05, 4.69) is 11.4 Å². The van der Waals surface area contributed by atoms with Gasteiger partial charge in [-0.25, -0.2) is 0 Å². The first-order valence-electron chi connectivity index (χ1n) is 6.14. The van der Waals surface area contributed by atoms with Crippen molar-refractivity contribution in [3.05, 3.63) is 29.8 Å². The third-order valence-electron chi connectivity index (χ3n) is 3.55. The number of hydrogen-bond donors (Lipinski definition) is 1. The standard InChI is InChI=1S/C14H17N3O/c1-10-12(9-16-2)7-14(18)17(10)13-6-4-3-5-11(13)8-15/h3-6,10,12,16H,7,9H2,1-2H3. The zero-order valence-electron chi connectivity index (χ0n) is 10.7. The molecule has 0 bridgehead atoms. The Morgan fingerprint density at radius 2 is 2.22 bits per heavy atom. The Bertz CT molecular complexity index is 492. The summed E-state index contributed by atoms with van der Waals surface area (Å²) in [4.78, 5) is 13.9. The maximum Gasteiger partial charge on any atom is 0.227 e. The van der Waals surface area contributed by atoms with E-state index >= 15 is 0 Å². The van der Waals surface area contributed by atoms with E-state index in [1.165, 1.54) is 0 Å². The number of anilines is 1. The van der Waals surface area contributed by atoms with Crippen molar-refractivity contribution in [2.45, 2.75) is 19.4 Å². The van der Waals surface area contributed by atoms with E-state index in [1.54, 1.807) is 11.0 Å². The van der Waals surface area contributed by atoms with E-state index in [0.717, 1.165) is 12.2 Å². The molecule has 4 nitrogen and oxygen atoms in total. The minimum atomic E-state index is 0.102. The summed E-state index contributed by atoms with van der Waals surface area (Å²) in [5.74, 6) is 0.402. The number of nitrogens with one attached hydrogen (secondary N) is 1. The molecule has 2 unspecified atom stereocenters. The summed E-state index contributed by atoms with van der Waals surface area (Å²) in [6.07, 6.45) is 0.543. The second kappa shape index (κ2) is 5.19. The van der Waals surface area contributed by atoms with Crippen LogP contribution in [-0.4, -0.2) is 25.5 Å². The van der Waals surface area contributed by atoms with Crippen molar-refractivity contribution >= 4 is 11.6 Å². The van der Waals surface area contributed by atoms with Gasteiger partial charge in [0.05, 0.1) is 11.3 Å². The van der Waals surface area contributed by atoms with Crippen LogP contribution >= 0.6 is 0 Å². The van der Waals surface area contributed by atoms with E-state index in [-0.39, 0.29) is 11.9 Å². The lowest BCUT2D eigenvalue weighted by Gasteiger charge is -2.25. The van der Waals surface area contributed by atoms with Gasteiger partial charge in [0.15, 0.2) is 0 Å². The number of nitriles is 1. The number of nitrogens with zero attached hydrogens (tertiary/aromatic N) is 2. The quantitative estimate of drug-likeness (QED) is 0.875. The lowest BCUT2D eigenvalue weighted by atomic mass is 10.0. The first kappa shape index (κ1) is 12.6. The maximum atomic E-state index is 12.1. The lowest BCUT2D eigenvalue weighted by molar-refractivity contribution is -0.117. The summed E-state index contributed by atoms with van der Waals surface area (Å²) in [5.41, 5.74) is 1.29. The predicted octanol–water partition coefficient (Wildman–Crippen LogP) is 1.52. The van der Waals surface area contributed by atoms with Gasteiger partial charge in [0.1, 0.15) is 6.07 Å². The second-order valence-corrected chi connectivity index (χ2v) is 4.66. The first-order chi connectivity index (χ1) is 8.69. The number of rotatable bonds is 3. The topological polar surface area (TPSA) is 56.1 Å². The molecule has 1 aliphatic heterocycles. The van der Waals surface area contributed by atoms with Crippen LogP contribution in [0.5, 0.6) is 0 Å². The van der Waals surface area contributed by atoms with Crippen molar-refractivity contribution in [3.8, 4) is 6.07 Å². The van der Waals surface area contributed by atoms with E-state index in [0.29, 0.717) is 17.9 Å². The van der Waals surface area contributed by atoms with Gasteiger partial charge in [-0.2, -0.15) is 5.26 Å². The van der Waals surface area contributed by atoms with E-state index < -0.39 is 0 Å². The number of benzene rings is 1. The van der Waals surface area contributed by atoms with Gasteiger partial charge in [-0.05, 0) is 26.1 Å². The van der Waals surface area contributed by atoms with Crippen molar-refractivity contribution in [1.82, 2.24) is 5.32 Å². The van der Waals surface area contributed by atoms with Crippen LogP contribution in [0, 0.1) is 17.2 Å². The third kappa shape index (κ3) is 2.09. The van der Waals surface area contributed by atoms with Gasteiger partial charge in [-0.3, -0.25) is 4.79 Å². The van der Waals surface area contributed by atoms with Gasteiger partial charge in [0, 0.05) is 24.9 Å². The zero-order valence-corrected chi connectivity index (χ0v) is 10.7. The molecule has 0 spiro atoms. The molecule has 1 aliphatic rings. The smallest absolute Gasteiger partial charge is 0.227 e. The molecule has 0 aliphatic carbocycles. The molecule has 1 N–H and O–H groups in total. The molecule has 1 aromatic carbocycles. The average Bonchev–Trinajstić information content (AvgIpc) is 2.65. The van der Waals surface area contributed by atoms with Crippen molar-refractivity contribution in [2.75, 3.05) is 18.5 Å². The minimum Gasteiger partial charge on any atom is -0.319 e. The highest BCUT2D eigenvalue weighted by Gasteiger charge is 2.37. The van der Waals surface area contributed by atoms with Crippen LogP contribution in [0.25, 0.3) is 0 Å². The van der Waals surface area contributed by atoms with E-state index in [4.69, 9.17) is 5.26 Å². The predicted molar refractivity (Wildman–Crippen MR) is 70.1 cm³/mol. The van der Waals surface area contributed by atoms with Crippen molar-refractivity contribution < 1.29 is 4.79 Å². The Kier molecular flexibility index (Phi) is 3.63. The van der Waals surface area contributed by atoms with Crippen LogP contribution in [0.2, 0.25) is 0 Å². The third-order valence-corrected chi connectivity index (χ3v) is 3.55. The Morgan fingerprint density at radius 1 is 1.50 bits per heavy atom. The molecule has 2 atom stereocenters. The van der Waals surface area contributed by atoms with E-state index in [1.807, 2.05) is 32.2 Å². The van der Waals surface area contributed by atoms with Gasteiger partial charge < -0.3 is 10.2 Å². The molecule has 18 heavy (non-hydrogen) atoms. The fourth-order valence-electron chi connectivity index (χ4n) is 2.57. The first-order valence-corrected chi connectivity index (χ1v) is 6.14. The molecular formula is C14H17N3O. The second-order valence-electron chi connectivity index (χ2n) is 4.66. The SMILES string of the molecule is CNCC1CC(=O)N(c2ccccc2C#N)C1C. The Hall–Kier alpha value is -1.86. The highest BCUT2D eigenvalue weighted by molar-refractivity contribution is 5.97. The zero-order chi connectivity index (χ0) is 13.1. The van der Waals surface area contributed by atoms with Crippen LogP contribution in [0.4, 0.5) is 5.69 Å². The van der Waals surface area contributed by atoms with Crippen LogP contribution in [0.15, 0.2) is 24.3 Å². The monoisotopic (exact) mass is 243 g/mol. The Morgan fingerprint density at radius 3 is 2.89 bits per heavy atom. The van der Waals surface area contributed by atoms with Gasteiger partial charge in [0.25, 0.3) is 0 Å². The molecule has 1 aromatic rings. The molecule has 0 aromatic heterocycles. The minimum absolute atomic E-state index is 0.102. The molecule has 1 saturated heterocycles. The molecule has 1 heterocycles. The molecule has 2 rings (SSSR count). The molecule has 4 heteroatoms. The molecule has 1 amide bonds. The van der Waals surface area contributed by atoms with Crippen molar-refractivity contribution in [1.29, 1.82) is 5.26 Å². The van der Waals surface area contributed by atoms with Crippen LogP contribution < -0.4 is 10.2 Å². The molecule has 94 valence electrons. The highest BCUT2D eigenvalue weighted by Crippen LogP contribution is 2.32. The number of carbonyl (C=O) groups excluding carboxylic acids is 1. The Balaban J connectivity index is 2.33. The number of amides is 1.